The van der Waals surface area contributed by atoms with E-state index in [1.807, 2.05) is 0 Å². The van der Waals surface area contributed by atoms with Gasteiger partial charge in [0, 0.05) is 11.6 Å². The largest absolute Gasteiger partial charge is 0.496 e. The highest BCUT2D eigenvalue weighted by Gasteiger charge is 2.04. The van der Waals surface area contributed by atoms with Gasteiger partial charge in [-0.15, -0.1) is 0 Å². The Balaban J connectivity index is 3.19. The van der Waals surface area contributed by atoms with Crippen LogP contribution in [0.15, 0.2) is 12.1 Å². The fraction of sp³-hybridized carbons (Fsp3) is 0.250. The molecule has 0 spiro atoms. The van der Waals surface area contributed by atoms with Crippen molar-refractivity contribution in [2.45, 2.75) is 6.61 Å². The highest BCUT2D eigenvalue weighted by Crippen LogP contribution is 2.26. The monoisotopic (exact) mass is 168 g/mol. The number of benzene rings is 1. The molecule has 1 aromatic carbocycles. The first-order chi connectivity index (χ1) is 5.69. The van der Waals surface area contributed by atoms with Crippen molar-refractivity contribution in [3.05, 3.63) is 17.7 Å². The number of hydrogen-bond acceptors (Lipinski definition) is 4. The summed E-state index contributed by atoms with van der Waals surface area (Å²) in [5.41, 5.74) is 12.6. The predicted octanol–water partition coefficient (Wildman–Crippen LogP) is 0.352. The molecule has 0 aliphatic heterocycles. The van der Waals surface area contributed by atoms with Gasteiger partial charge in [0.1, 0.15) is 5.75 Å². The van der Waals surface area contributed by atoms with Crippen LogP contribution in [-0.2, 0) is 6.61 Å². The van der Waals surface area contributed by atoms with Gasteiger partial charge in [0.2, 0.25) is 0 Å². The maximum absolute atomic E-state index is 8.89. The zero-order valence-corrected chi connectivity index (χ0v) is 6.87. The Labute approximate surface area is 70.7 Å². The van der Waals surface area contributed by atoms with E-state index in [0.717, 1.165) is 0 Å². The molecular weight excluding hydrogens is 156 g/mol. The van der Waals surface area contributed by atoms with Crippen molar-refractivity contribution in [3.63, 3.8) is 0 Å². The van der Waals surface area contributed by atoms with Crippen LogP contribution in [0.2, 0.25) is 0 Å². The van der Waals surface area contributed by atoms with Crippen LogP contribution >= 0.6 is 0 Å². The smallest absolute Gasteiger partial charge is 0.126 e. The number of aliphatic hydroxyl groups is 1. The molecule has 0 saturated carbocycles. The highest BCUT2D eigenvalue weighted by atomic mass is 16.5. The minimum absolute atomic E-state index is 0.104. The van der Waals surface area contributed by atoms with Gasteiger partial charge in [-0.3, -0.25) is 0 Å². The Morgan fingerprint density at radius 1 is 1.33 bits per heavy atom. The van der Waals surface area contributed by atoms with Gasteiger partial charge in [0.15, 0.2) is 0 Å². The van der Waals surface area contributed by atoms with Crippen LogP contribution in [0.1, 0.15) is 5.56 Å². The zero-order valence-electron chi connectivity index (χ0n) is 6.87. The van der Waals surface area contributed by atoms with Gasteiger partial charge in [0.25, 0.3) is 0 Å². The van der Waals surface area contributed by atoms with E-state index in [9.17, 15) is 0 Å². The van der Waals surface area contributed by atoms with E-state index in [0.29, 0.717) is 22.7 Å². The van der Waals surface area contributed by atoms with E-state index in [4.69, 9.17) is 21.3 Å². The lowest BCUT2D eigenvalue weighted by molar-refractivity contribution is 0.274. The van der Waals surface area contributed by atoms with E-state index in [1.54, 1.807) is 12.1 Å². The third-order valence-corrected chi connectivity index (χ3v) is 1.66. The molecule has 1 aromatic rings. The zero-order chi connectivity index (χ0) is 9.14. The summed E-state index contributed by atoms with van der Waals surface area (Å²) in [4.78, 5) is 0. The van der Waals surface area contributed by atoms with Crippen molar-refractivity contribution >= 4 is 11.4 Å². The van der Waals surface area contributed by atoms with Gasteiger partial charge in [-0.2, -0.15) is 0 Å². The quantitative estimate of drug-likeness (QED) is 0.556. The van der Waals surface area contributed by atoms with Crippen LogP contribution in [0.25, 0.3) is 0 Å². The first-order valence-electron chi connectivity index (χ1n) is 3.51. The fourth-order valence-corrected chi connectivity index (χ4v) is 0.973. The molecule has 0 heterocycles. The van der Waals surface area contributed by atoms with Crippen LogP contribution in [0, 0.1) is 0 Å². The van der Waals surface area contributed by atoms with Crippen molar-refractivity contribution in [1.82, 2.24) is 0 Å². The molecule has 0 aromatic heterocycles. The number of ether oxygens (including phenoxy) is 1. The standard InChI is InChI=1S/C8H12N2O2/c1-12-8-3-7(10)6(9)2-5(8)4-11/h2-3,11H,4,9-10H2,1H3. The number of anilines is 2. The molecule has 5 N–H and O–H groups in total. The molecule has 0 saturated heterocycles. The third-order valence-electron chi connectivity index (χ3n) is 1.66. The highest BCUT2D eigenvalue weighted by molar-refractivity contribution is 5.67. The van der Waals surface area contributed by atoms with Crippen molar-refractivity contribution in [1.29, 1.82) is 0 Å². The molecule has 0 atom stereocenters. The van der Waals surface area contributed by atoms with Crippen LogP contribution in [0.5, 0.6) is 5.75 Å². The Kier molecular flexibility index (Phi) is 2.40. The fourth-order valence-electron chi connectivity index (χ4n) is 0.973. The van der Waals surface area contributed by atoms with Gasteiger partial charge >= 0.3 is 0 Å². The molecule has 12 heavy (non-hydrogen) atoms. The summed E-state index contributed by atoms with van der Waals surface area (Å²) in [6.07, 6.45) is 0. The maximum atomic E-state index is 8.89. The summed E-state index contributed by atoms with van der Waals surface area (Å²) < 4.78 is 4.98. The molecule has 0 aliphatic carbocycles. The molecule has 0 unspecified atom stereocenters. The molecule has 0 radical (unpaired) electrons. The maximum Gasteiger partial charge on any atom is 0.126 e. The Hall–Kier alpha value is -1.42. The van der Waals surface area contributed by atoms with E-state index in [-0.39, 0.29) is 6.61 Å². The third kappa shape index (κ3) is 1.43. The molecule has 0 fully saturated rings. The van der Waals surface area contributed by atoms with Gasteiger partial charge in [-0.05, 0) is 6.07 Å². The predicted molar refractivity (Wildman–Crippen MR) is 47.7 cm³/mol. The van der Waals surface area contributed by atoms with E-state index in [1.165, 1.54) is 7.11 Å². The van der Waals surface area contributed by atoms with Crippen LogP contribution in [-0.4, -0.2) is 12.2 Å². The molecule has 0 aliphatic rings. The second-order valence-corrected chi connectivity index (χ2v) is 2.45. The van der Waals surface area contributed by atoms with Crippen LogP contribution < -0.4 is 16.2 Å². The van der Waals surface area contributed by atoms with Crippen LogP contribution in [0.4, 0.5) is 11.4 Å². The van der Waals surface area contributed by atoms with Gasteiger partial charge < -0.3 is 21.3 Å². The molecular formula is C8H12N2O2. The second kappa shape index (κ2) is 3.32. The minimum Gasteiger partial charge on any atom is -0.496 e. The van der Waals surface area contributed by atoms with Crippen molar-refractivity contribution in [3.8, 4) is 5.75 Å². The summed E-state index contributed by atoms with van der Waals surface area (Å²) in [5.74, 6) is 0.559. The molecule has 0 bridgehead atoms. The van der Waals surface area contributed by atoms with Crippen molar-refractivity contribution in [2.75, 3.05) is 18.6 Å². The lowest BCUT2D eigenvalue weighted by Crippen LogP contribution is -1.99. The minimum atomic E-state index is -0.104. The number of rotatable bonds is 2. The van der Waals surface area contributed by atoms with Gasteiger partial charge in [0.05, 0.1) is 25.1 Å². The first kappa shape index (κ1) is 8.67. The summed E-state index contributed by atoms with van der Waals surface area (Å²) in [6.45, 7) is -0.104. The first-order valence-corrected chi connectivity index (χ1v) is 3.51. The van der Waals surface area contributed by atoms with E-state index < -0.39 is 0 Å². The normalized spacial score (nSPS) is 9.83. The lowest BCUT2D eigenvalue weighted by atomic mass is 10.1. The summed E-state index contributed by atoms with van der Waals surface area (Å²) in [5, 5.41) is 8.89. The summed E-state index contributed by atoms with van der Waals surface area (Å²) in [7, 11) is 1.52. The van der Waals surface area contributed by atoms with Crippen molar-refractivity contribution in [2.24, 2.45) is 0 Å². The molecule has 4 heteroatoms. The van der Waals surface area contributed by atoms with Crippen LogP contribution in [0.3, 0.4) is 0 Å². The number of methoxy groups -OCH3 is 1. The Bertz CT molecular complexity index is 258. The van der Waals surface area contributed by atoms with E-state index in [2.05, 4.69) is 0 Å². The van der Waals surface area contributed by atoms with Crippen molar-refractivity contribution < 1.29 is 9.84 Å². The average molecular weight is 168 g/mol. The average Bonchev–Trinajstić information content (AvgIpc) is 2.09. The van der Waals surface area contributed by atoms with E-state index >= 15 is 0 Å². The SMILES string of the molecule is COc1cc(N)c(N)cc1CO. The van der Waals surface area contributed by atoms with Gasteiger partial charge in [-0.1, -0.05) is 0 Å². The molecule has 4 nitrogen and oxygen atoms in total. The number of nitrogen functional groups attached to an aromatic ring is 2. The number of aliphatic hydroxyl groups excluding tert-OH is 1. The Morgan fingerprint density at radius 3 is 2.42 bits per heavy atom. The number of nitrogens with two attached hydrogens (primary N) is 2. The Morgan fingerprint density at radius 2 is 1.92 bits per heavy atom. The number of hydrogen-bond donors (Lipinski definition) is 3. The molecule has 1 rings (SSSR count). The summed E-state index contributed by atoms with van der Waals surface area (Å²) >= 11 is 0. The molecule has 0 amide bonds. The molecule has 66 valence electrons. The topological polar surface area (TPSA) is 81.5 Å². The second-order valence-electron chi connectivity index (χ2n) is 2.45. The van der Waals surface area contributed by atoms with Gasteiger partial charge in [-0.25, -0.2) is 0 Å². The summed E-state index contributed by atoms with van der Waals surface area (Å²) in [6, 6.07) is 3.20. The lowest BCUT2D eigenvalue weighted by Gasteiger charge is -2.08.